The van der Waals surface area contributed by atoms with Gasteiger partial charge in [0, 0.05) is 24.3 Å². The van der Waals surface area contributed by atoms with Gasteiger partial charge in [0.1, 0.15) is 11.5 Å². The average molecular weight is 376 g/mol. The molecule has 0 saturated heterocycles. The number of benzene rings is 2. The van der Waals surface area contributed by atoms with Crippen molar-refractivity contribution >= 4 is 35.0 Å². The van der Waals surface area contributed by atoms with Gasteiger partial charge in [-0.15, -0.1) is 0 Å². The number of carbonyl (C=O) groups is 4. The first-order valence-corrected chi connectivity index (χ1v) is 8.15. The third kappa shape index (κ3) is 2.64. The van der Waals surface area contributed by atoms with Gasteiger partial charge in [0.2, 0.25) is 0 Å². The molecule has 0 saturated carbocycles. The number of hydrogen-bond donors (Lipinski definition) is 2. The summed E-state index contributed by atoms with van der Waals surface area (Å²) in [6.45, 7) is 0. The van der Waals surface area contributed by atoms with Crippen molar-refractivity contribution in [1.29, 1.82) is 0 Å². The molecule has 4 rings (SSSR count). The standard InChI is InChI=1S/C20H12N2O6/c23-15-9-11(1-3-13(15)21-17(25)5-6-18(21)26)12-2-4-14(16(24)10-12)22-19(27)7-8-20(22)28/h1-10,23-24H. The minimum Gasteiger partial charge on any atom is -0.506 e. The molecule has 0 fully saturated rings. The van der Waals surface area contributed by atoms with Crippen molar-refractivity contribution < 1.29 is 29.4 Å². The van der Waals surface area contributed by atoms with E-state index in [4.69, 9.17) is 0 Å². The fourth-order valence-corrected chi connectivity index (χ4v) is 3.06. The number of phenols is 2. The minimum absolute atomic E-state index is 0.0453. The van der Waals surface area contributed by atoms with Gasteiger partial charge in [-0.25, -0.2) is 9.80 Å². The number of phenolic OH excluding ortho intramolecular Hbond substituents is 2. The van der Waals surface area contributed by atoms with Crippen LogP contribution in [0, 0.1) is 0 Å². The Balaban J connectivity index is 1.67. The summed E-state index contributed by atoms with van der Waals surface area (Å²) in [6, 6.07) is 8.64. The lowest BCUT2D eigenvalue weighted by molar-refractivity contribution is -0.121. The van der Waals surface area contributed by atoms with E-state index >= 15 is 0 Å². The second-order valence-electron chi connectivity index (χ2n) is 6.10. The van der Waals surface area contributed by atoms with Crippen LogP contribution in [0.5, 0.6) is 11.5 Å². The van der Waals surface area contributed by atoms with E-state index in [1.165, 1.54) is 24.3 Å². The molecular formula is C20H12N2O6. The largest absolute Gasteiger partial charge is 0.506 e. The third-order valence-corrected chi connectivity index (χ3v) is 4.38. The average Bonchev–Trinajstić information content (AvgIpc) is 3.17. The summed E-state index contributed by atoms with van der Waals surface area (Å²) in [5, 5.41) is 20.5. The number of carbonyl (C=O) groups excluding carboxylic acids is 4. The number of rotatable bonds is 3. The molecule has 8 nitrogen and oxygen atoms in total. The Hall–Kier alpha value is -4.20. The van der Waals surface area contributed by atoms with Crippen LogP contribution < -0.4 is 9.80 Å². The molecule has 0 aromatic heterocycles. The number of amides is 4. The first-order chi connectivity index (χ1) is 13.4. The van der Waals surface area contributed by atoms with Gasteiger partial charge in [-0.2, -0.15) is 0 Å². The highest BCUT2D eigenvalue weighted by Crippen LogP contribution is 2.37. The van der Waals surface area contributed by atoms with Crippen LogP contribution in [0.1, 0.15) is 0 Å². The molecule has 2 heterocycles. The minimum atomic E-state index is -0.552. The van der Waals surface area contributed by atoms with Crippen LogP contribution in [-0.4, -0.2) is 33.8 Å². The van der Waals surface area contributed by atoms with E-state index in [2.05, 4.69) is 0 Å². The second-order valence-corrected chi connectivity index (χ2v) is 6.10. The summed E-state index contributed by atoms with van der Waals surface area (Å²) < 4.78 is 0. The van der Waals surface area contributed by atoms with Gasteiger partial charge in [0.15, 0.2) is 0 Å². The highest BCUT2D eigenvalue weighted by Gasteiger charge is 2.29. The normalized spacial score (nSPS) is 16.0. The van der Waals surface area contributed by atoms with Crippen molar-refractivity contribution in [2.45, 2.75) is 0 Å². The Labute approximate surface area is 158 Å². The summed E-state index contributed by atoms with van der Waals surface area (Å²) in [7, 11) is 0. The van der Waals surface area contributed by atoms with E-state index in [9.17, 15) is 29.4 Å². The molecule has 0 bridgehead atoms. The first-order valence-electron chi connectivity index (χ1n) is 8.15. The van der Waals surface area contributed by atoms with Crippen molar-refractivity contribution in [1.82, 2.24) is 0 Å². The Kier molecular flexibility index (Phi) is 3.82. The van der Waals surface area contributed by atoms with E-state index in [-0.39, 0.29) is 22.9 Å². The van der Waals surface area contributed by atoms with Crippen LogP contribution in [-0.2, 0) is 19.2 Å². The van der Waals surface area contributed by atoms with Gasteiger partial charge in [-0.05, 0) is 35.4 Å². The molecule has 0 radical (unpaired) electrons. The van der Waals surface area contributed by atoms with Crippen LogP contribution in [0.3, 0.4) is 0 Å². The lowest BCUT2D eigenvalue weighted by atomic mass is 10.0. The Morgan fingerprint density at radius 1 is 0.536 bits per heavy atom. The fourth-order valence-electron chi connectivity index (χ4n) is 3.06. The highest BCUT2D eigenvalue weighted by atomic mass is 16.3. The topological polar surface area (TPSA) is 115 Å². The molecule has 0 unspecified atom stereocenters. The van der Waals surface area contributed by atoms with Crippen molar-refractivity contribution in [3.05, 3.63) is 60.7 Å². The van der Waals surface area contributed by atoms with Gasteiger partial charge in [0.25, 0.3) is 23.6 Å². The van der Waals surface area contributed by atoms with Gasteiger partial charge in [-0.1, -0.05) is 12.1 Å². The van der Waals surface area contributed by atoms with Crippen molar-refractivity contribution in [3.8, 4) is 22.6 Å². The zero-order valence-corrected chi connectivity index (χ0v) is 14.2. The van der Waals surface area contributed by atoms with Crippen molar-refractivity contribution in [2.24, 2.45) is 0 Å². The monoisotopic (exact) mass is 376 g/mol. The number of anilines is 2. The molecular weight excluding hydrogens is 364 g/mol. The summed E-state index contributed by atoms with van der Waals surface area (Å²) in [6.07, 6.45) is 4.45. The zero-order chi connectivity index (χ0) is 20.0. The number of imide groups is 2. The molecule has 4 amide bonds. The SMILES string of the molecule is O=C1C=CC(=O)N1c1ccc(-c2ccc(N3C(=O)C=CC3=O)c(O)c2)cc1O. The smallest absolute Gasteiger partial charge is 0.258 e. The number of aromatic hydroxyl groups is 2. The zero-order valence-electron chi connectivity index (χ0n) is 14.2. The molecule has 8 heteroatoms. The number of nitrogens with zero attached hydrogens (tertiary/aromatic N) is 2. The molecule has 0 spiro atoms. The summed E-state index contributed by atoms with van der Waals surface area (Å²) in [5.74, 6) is -2.79. The molecule has 2 aliphatic rings. The van der Waals surface area contributed by atoms with Crippen LogP contribution in [0.2, 0.25) is 0 Å². The van der Waals surface area contributed by atoms with Crippen LogP contribution in [0.25, 0.3) is 11.1 Å². The lowest BCUT2D eigenvalue weighted by Gasteiger charge is -2.17. The molecule has 2 aromatic rings. The highest BCUT2D eigenvalue weighted by molar-refractivity contribution is 6.29. The van der Waals surface area contributed by atoms with E-state index in [1.54, 1.807) is 12.1 Å². The molecule has 28 heavy (non-hydrogen) atoms. The Morgan fingerprint density at radius 3 is 1.14 bits per heavy atom. The van der Waals surface area contributed by atoms with Crippen molar-refractivity contribution in [3.63, 3.8) is 0 Å². The molecule has 2 N–H and O–H groups in total. The third-order valence-electron chi connectivity index (χ3n) is 4.38. The van der Waals surface area contributed by atoms with E-state index in [0.717, 1.165) is 34.1 Å². The van der Waals surface area contributed by atoms with Crippen LogP contribution in [0.4, 0.5) is 11.4 Å². The predicted molar refractivity (Wildman–Crippen MR) is 98.5 cm³/mol. The number of hydrogen-bond acceptors (Lipinski definition) is 6. The van der Waals surface area contributed by atoms with Crippen molar-refractivity contribution in [2.75, 3.05) is 9.80 Å². The van der Waals surface area contributed by atoms with Gasteiger partial charge in [0.05, 0.1) is 11.4 Å². The van der Waals surface area contributed by atoms with Crippen LogP contribution in [0.15, 0.2) is 60.7 Å². The maximum Gasteiger partial charge on any atom is 0.258 e. The maximum absolute atomic E-state index is 11.8. The second kappa shape index (κ2) is 6.20. The summed E-state index contributed by atoms with van der Waals surface area (Å²) in [5.41, 5.74) is 1.08. The van der Waals surface area contributed by atoms with E-state index in [1.807, 2.05) is 0 Å². The maximum atomic E-state index is 11.8. The Morgan fingerprint density at radius 2 is 0.857 bits per heavy atom. The van der Waals surface area contributed by atoms with E-state index < -0.39 is 23.6 Å². The lowest BCUT2D eigenvalue weighted by Crippen LogP contribution is -2.29. The molecule has 0 atom stereocenters. The van der Waals surface area contributed by atoms with Gasteiger partial charge < -0.3 is 10.2 Å². The molecule has 0 aliphatic carbocycles. The first kappa shape index (κ1) is 17.2. The fraction of sp³-hybridized carbons (Fsp3) is 0. The van der Waals surface area contributed by atoms with E-state index in [0.29, 0.717) is 11.1 Å². The molecule has 2 aromatic carbocycles. The van der Waals surface area contributed by atoms with Gasteiger partial charge >= 0.3 is 0 Å². The van der Waals surface area contributed by atoms with Crippen LogP contribution >= 0.6 is 0 Å². The van der Waals surface area contributed by atoms with Gasteiger partial charge in [-0.3, -0.25) is 19.2 Å². The summed E-state index contributed by atoms with van der Waals surface area (Å²) >= 11 is 0. The molecule has 2 aliphatic heterocycles. The quantitative estimate of drug-likeness (QED) is 0.787. The Bertz CT molecular complexity index is 1010. The summed E-state index contributed by atoms with van der Waals surface area (Å²) in [4.78, 5) is 48.7. The molecule has 138 valence electrons. The predicted octanol–water partition coefficient (Wildman–Crippen LogP) is 1.62.